The topological polar surface area (TPSA) is 84.3 Å². The van der Waals surface area contributed by atoms with E-state index in [0.717, 1.165) is 0 Å². The van der Waals surface area contributed by atoms with Crippen molar-refractivity contribution >= 4 is 11.3 Å². The van der Waals surface area contributed by atoms with Crippen molar-refractivity contribution in [2.45, 2.75) is 25.2 Å². The Balaban J connectivity index is 2.33. The van der Waals surface area contributed by atoms with Crippen molar-refractivity contribution in [1.82, 2.24) is 9.55 Å². The van der Waals surface area contributed by atoms with Crippen LogP contribution in [0.1, 0.15) is 19.1 Å². The van der Waals surface area contributed by atoms with Gasteiger partial charge < -0.3 is 0 Å². The van der Waals surface area contributed by atoms with E-state index < -0.39 is 35.3 Å². The van der Waals surface area contributed by atoms with E-state index in [1.54, 1.807) is 0 Å². The Morgan fingerprint density at radius 1 is 1.59 bits per heavy atom. The molecule has 6 nitrogen and oxygen atoms in total. The van der Waals surface area contributed by atoms with Crippen molar-refractivity contribution in [2.24, 2.45) is 0 Å². The van der Waals surface area contributed by atoms with Crippen LogP contribution in [0.4, 0.5) is 0 Å². The summed E-state index contributed by atoms with van der Waals surface area (Å²) in [5.74, 6) is 0. The van der Waals surface area contributed by atoms with Gasteiger partial charge in [0.25, 0.3) is 0 Å². The molecule has 1 saturated heterocycles. The standard InChI is InChI=1S/C9H11N2O4.ClH.Hg/c12-5-6-1-2-8(15-6)11-4-3-7(13)10-9(11)14;;/h4,6,8,12H,1-2,5H2,(H,10,13,14);1H;/q;;+1/p-1/t6-,8+;;/m0../s1. The van der Waals surface area contributed by atoms with Crippen LogP contribution in [0.25, 0.3) is 0 Å². The first-order valence-corrected chi connectivity index (χ1v) is 14.8. The summed E-state index contributed by atoms with van der Waals surface area (Å²) in [6.45, 7) is -0.0586. The van der Waals surface area contributed by atoms with E-state index in [1.807, 2.05) is 0 Å². The zero-order valence-corrected chi connectivity index (χ0v) is 15.3. The number of hydrogen-bond acceptors (Lipinski definition) is 4. The fourth-order valence-corrected chi connectivity index (χ4v) is 5.38. The molecule has 2 atom stereocenters. The molecule has 2 heterocycles. The third-order valence-corrected chi connectivity index (χ3v) is 8.39. The van der Waals surface area contributed by atoms with E-state index >= 15 is 0 Å². The van der Waals surface area contributed by atoms with Gasteiger partial charge >= 0.3 is 113 Å². The van der Waals surface area contributed by atoms with Gasteiger partial charge in [-0.2, -0.15) is 0 Å². The maximum absolute atomic E-state index is 11.6. The average Bonchev–Trinajstić information content (AvgIpc) is 2.78. The molecule has 1 aromatic heterocycles. The summed E-state index contributed by atoms with van der Waals surface area (Å²) in [6, 6.07) is 0. The van der Waals surface area contributed by atoms with Gasteiger partial charge in [-0.15, -0.1) is 0 Å². The van der Waals surface area contributed by atoms with Gasteiger partial charge in [0.2, 0.25) is 0 Å². The second-order valence-corrected chi connectivity index (χ2v) is 10.3. The predicted molar refractivity (Wildman–Crippen MR) is 57.0 cm³/mol. The molecule has 2 N–H and O–H groups in total. The van der Waals surface area contributed by atoms with E-state index in [0.29, 0.717) is 15.9 Å². The summed E-state index contributed by atoms with van der Waals surface area (Å²) in [6.07, 6.45) is 2.22. The van der Waals surface area contributed by atoms with Crippen molar-refractivity contribution in [3.8, 4) is 0 Å². The van der Waals surface area contributed by atoms with Gasteiger partial charge in [0.05, 0.1) is 0 Å². The fraction of sp³-hybridized carbons (Fsp3) is 0.556. The SMILES string of the molecule is O=c1[nH]c(=O)n([C@H]2CC[C@@H](CO)O2)c[c]1[Hg][Cl]. The summed E-state index contributed by atoms with van der Waals surface area (Å²) >= 11 is -1.87. The van der Waals surface area contributed by atoms with Gasteiger partial charge in [-0.3, -0.25) is 0 Å². The molecule has 1 fully saturated rings. The van der Waals surface area contributed by atoms with Gasteiger partial charge in [0.1, 0.15) is 0 Å². The van der Waals surface area contributed by atoms with Crippen LogP contribution in [-0.4, -0.2) is 27.4 Å². The third-order valence-electron chi connectivity index (χ3n) is 2.78. The number of nitrogens with one attached hydrogen (secondary N) is 1. The Morgan fingerprint density at radius 2 is 2.35 bits per heavy atom. The number of H-pyrrole nitrogens is 1. The predicted octanol–water partition coefficient (Wildman–Crippen LogP) is -0.932. The van der Waals surface area contributed by atoms with Gasteiger partial charge in [0, 0.05) is 0 Å². The van der Waals surface area contributed by atoms with Crippen LogP contribution in [0.3, 0.4) is 0 Å². The summed E-state index contributed by atoms with van der Waals surface area (Å²) in [7, 11) is 5.83. The van der Waals surface area contributed by atoms with Crippen molar-refractivity contribution < 1.29 is 33.2 Å². The minimum atomic E-state index is -1.87. The van der Waals surface area contributed by atoms with Crippen LogP contribution in [0.2, 0.25) is 0 Å². The summed E-state index contributed by atoms with van der Waals surface area (Å²) in [5.41, 5.74) is -0.861. The summed E-state index contributed by atoms with van der Waals surface area (Å²) in [4.78, 5) is 25.3. The van der Waals surface area contributed by atoms with E-state index in [1.165, 1.54) is 10.8 Å². The van der Waals surface area contributed by atoms with Gasteiger partial charge in [-0.05, 0) is 0 Å². The quantitative estimate of drug-likeness (QED) is 0.587. The van der Waals surface area contributed by atoms with E-state index in [9.17, 15) is 9.59 Å². The molecule has 0 saturated carbocycles. The zero-order valence-electron chi connectivity index (χ0n) is 9.06. The fourth-order valence-electron chi connectivity index (χ4n) is 1.86. The normalized spacial score (nSPS) is 23.6. The molecule has 1 aliphatic rings. The average molecular weight is 447 g/mol. The van der Waals surface area contributed by atoms with Gasteiger partial charge in [-0.1, -0.05) is 0 Å². The van der Waals surface area contributed by atoms with Crippen molar-refractivity contribution in [2.75, 3.05) is 6.61 Å². The molecule has 2 rings (SSSR count). The molecule has 0 bridgehead atoms. The Morgan fingerprint density at radius 3 is 2.94 bits per heavy atom. The molecule has 0 spiro atoms. The number of ether oxygens (including phenoxy) is 1. The van der Waals surface area contributed by atoms with Crippen molar-refractivity contribution in [3.63, 3.8) is 0 Å². The van der Waals surface area contributed by atoms with Crippen LogP contribution in [-0.2, 0) is 28.1 Å². The molecule has 1 aliphatic heterocycles. The number of aromatic amines is 1. The van der Waals surface area contributed by atoms with Crippen LogP contribution >= 0.6 is 8.25 Å². The van der Waals surface area contributed by atoms with E-state index in [2.05, 4.69) is 4.98 Å². The van der Waals surface area contributed by atoms with Crippen molar-refractivity contribution in [3.05, 3.63) is 27.0 Å². The van der Waals surface area contributed by atoms with E-state index in [4.69, 9.17) is 18.1 Å². The first kappa shape index (κ1) is 13.3. The molecule has 0 radical (unpaired) electrons. The monoisotopic (exact) mass is 448 g/mol. The number of aliphatic hydroxyl groups is 1. The number of nitrogens with zero attached hydrogens (tertiary/aromatic N) is 1. The molecule has 0 unspecified atom stereocenters. The molecule has 0 aliphatic carbocycles. The first-order chi connectivity index (χ1) is 8.15. The van der Waals surface area contributed by atoms with E-state index in [-0.39, 0.29) is 18.3 Å². The molecule has 0 amide bonds. The van der Waals surface area contributed by atoms with Crippen molar-refractivity contribution in [1.29, 1.82) is 0 Å². The number of rotatable bonds is 3. The van der Waals surface area contributed by atoms with Crippen LogP contribution in [0.5, 0.6) is 0 Å². The Bertz CT molecular complexity index is 514. The molecule has 17 heavy (non-hydrogen) atoms. The zero-order chi connectivity index (χ0) is 12.4. The molecule has 90 valence electrons. The van der Waals surface area contributed by atoms with Crippen LogP contribution < -0.4 is 14.3 Å². The molecular weight excluding hydrogens is 436 g/mol. The first-order valence-electron chi connectivity index (χ1n) is 5.32. The minimum absolute atomic E-state index is 0.0586. The second-order valence-electron chi connectivity index (χ2n) is 3.93. The number of aromatic nitrogens is 2. The summed E-state index contributed by atoms with van der Waals surface area (Å²) in [5, 5.41) is 8.96. The molecule has 8 heteroatoms. The number of hydrogen-bond donors (Lipinski definition) is 2. The molecule has 1 aromatic rings. The Kier molecular flexibility index (Phi) is 4.40. The molecule has 0 aromatic carbocycles. The maximum atomic E-state index is 11.6. The summed E-state index contributed by atoms with van der Waals surface area (Å²) < 4.78 is 7.40. The Labute approximate surface area is 112 Å². The number of aliphatic hydroxyl groups excluding tert-OH is 1. The Hall–Kier alpha value is -0.175. The van der Waals surface area contributed by atoms with Gasteiger partial charge in [-0.25, -0.2) is 0 Å². The van der Waals surface area contributed by atoms with Gasteiger partial charge in [0.15, 0.2) is 0 Å². The van der Waals surface area contributed by atoms with Crippen LogP contribution in [0.15, 0.2) is 15.8 Å². The van der Waals surface area contributed by atoms with Crippen LogP contribution in [0, 0.1) is 0 Å². The second kappa shape index (κ2) is 5.64. The third kappa shape index (κ3) is 2.81. The molecular formula is C9H11ClHgN2O4. The number of halogens is 1.